The first kappa shape index (κ1) is 21.0. The summed E-state index contributed by atoms with van der Waals surface area (Å²) in [6.45, 7) is 0. The largest absolute Gasteiger partial charge is 0.456 e. The number of benzene rings is 5. The van der Waals surface area contributed by atoms with E-state index in [1.54, 1.807) is 0 Å². The van der Waals surface area contributed by atoms with Crippen LogP contribution in [-0.4, -0.2) is 15.0 Å². The molecule has 5 heteroatoms. The van der Waals surface area contributed by atoms with Crippen molar-refractivity contribution in [3.8, 4) is 34.2 Å². The molecule has 0 aliphatic rings. The number of halogens is 1. The van der Waals surface area contributed by atoms with Gasteiger partial charge in [-0.15, -0.1) is 0 Å². The normalized spacial score (nSPS) is 11.5. The third-order valence-corrected chi connectivity index (χ3v) is 7.07. The lowest BCUT2D eigenvalue weighted by Gasteiger charge is -2.12. The van der Waals surface area contributed by atoms with Crippen molar-refractivity contribution in [1.82, 2.24) is 15.0 Å². The van der Waals surface area contributed by atoms with E-state index in [2.05, 4.69) is 46.3 Å². The Morgan fingerprint density at radius 3 is 2.11 bits per heavy atom. The minimum atomic E-state index is 0.607. The van der Waals surface area contributed by atoms with Crippen molar-refractivity contribution in [1.29, 1.82) is 0 Å². The third kappa shape index (κ3) is 3.40. The quantitative estimate of drug-likeness (QED) is 0.230. The standard InChI is InChI=1S/C31H18BrN3O/c32-24-18-17-19-9-4-5-12-21(19)28(24)31-34-29(20-10-2-1-3-11-20)33-30(35-31)23-14-8-16-26-27(23)22-13-6-7-15-25(22)36-26/h1-18H. The zero-order valence-electron chi connectivity index (χ0n) is 19.0. The van der Waals surface area contributed by atoms with E-state index < -0.39 is 0 Å². The van der Waals surface area contributed by atoms with Crippen molar-refractivity contribution < 1.29 is 4.42 Å². The fourth-order valence-electron chi connectivity index (χ4n) is 4.76. The molecule has 7 rings (SSSR count). The Hall–Kier alpha value is -4.35. The molecule has 0 spiro atoms. The van der Waals surface area contributed by atoms with Gasteiger partial charge in [0.05, 0.1) is 0 Å². The zero-order chi connectivity index (χ0) is 24.1. The molecule has 0 bridgehead atoms. The molecule has 0 saturated carbocycles. The number of fused-ring (bicyclic) bond motifs is 4. The summed E-state index contributed by atoms with van der Waals surface area (Å²) in [5.41, 5.74) is 4.44. The Kier molecular flexibility index (Phi) is 4.89. The molecule has 36 heavy (non-hydrogen) atoms. The van der Waals surface area contributed by atoms with Crippen LogP contribution in [0.1, 0.15) is 0 Å². The molecule has 0 unspecified atom stereocenters. The number of aromatic nitrogens is 3. The van der Waals surface area contributed by atoms with Gasteiger partial charge in [0.1, 0.15) is 11.2 Å². The number of rotatable bonds is 3. The van der Waals surface area contributed by atoms with Gasteiger partial charge in [-0.3, -0.25) is 0 Å². The van der Waals surface area contributed by atoms with Gasteiger partial charge in [-0.2, -0.15) is 0 Å². The van der Waals surface area contributed by atoms with Crippen molar-refractivity contribution in [2.75, 3.05) is 0 Å². The van der Waals surface area contributed by atoms with Gasteiger partial charge in [0.15, 0.2) is 17.5 Å². The molecule has 0 saturated heterocycles. The number of hydrogen-bond donors (Lipinski definition) is 0. The van der Waals surface area contributed by atoms with Gasteiger partial charge in [0, 0.05) is 31.9 Å². The molecule has 0 aliphatic carbocycles. The fraction of sp³-hybridized carbons (Fsp3) is 0. The molecule has 5 aromatic carbocycles. The molecule has 0 amide bonds. The van der Waals surface area contributed by atoms with E-state index >= 15 is 0 Å². The van der Waals surface area contributed by atoms with E-state index in [-0.39, 0.29) is 0 Å². The molecule has 0 radical (unpaired) electrons. The molecule has 0 fully saturated rings. The van der Waals surface area contributed by atoms with Crippen LogP contribution in [0.2, 0.25) is 0 Å². The van der Waals surface area contributed by atoms with E-state index in [1.165, 1.54) is 0 Å². The minimum absolute atomic E-state index is 0.607. The molecule has 0 aliphatic heterocycles. The first-order valence-corrected chi connectivity index (χ1v) is 12.5. The summed E-state index contributed by atoms with van der Waals surface area (Å²) in [4.78, 5) is 15.0. The number of hydrogen-bond acceptors (Lipinski definition) is 4. The summed E-state index contributed by atoms with van der Waals surface area (Å²) < 4.78 is 7.08. The summed E-state index contributed by atoms with van der Waals surface area (Å²) in [6, 6.07) is 36.6. The van der Waals surface area contributed by atoms with Crippen LogP contribution >= 0.6 is 15.9 Å². The smallest absolute Gasteiger partial charge is 0.165 e. The molecule has 4 nitrogen and oxygen atoms in total. The molecule has 2 aromatic heterocycles. The number of nitrogens with zero attached hydrogens (tertiary/aromatic N) is 3. The number of furan rings is 1. The predicted molar refractivity (Wildman–Crippen MR) is 149 cm³/mol. The Labute approximate surface area is 215 Å². The SMILES string of the molecule is Brc1ccc2ccccc2c1-c1nc(-c2ccccc2)nc(-c2cccc3oc4ccccc4c23)n1. The van der Waals surface area contributed by atoms with Crippen molar-refractivity contribution in [3.05, 3.63) is 114 Å². The summed E-state index contributed by atoms with van der Waals surface area (Å²) in [5, 5.41) is 4.25. The van der Waals surface area contributed by atoms with E-state index in [0.29, 0.717) is 17.5 Å². The first-order chi connectivity index (χ1) is 17.8. The maximum absolute atomic E-state index is 6.14. The Morgan fingerprint density at radius 2 is 1.22 bits per heavy atom. The molecule has 0 atom stereocenters. The molecule has 0 N–H and O–H groups in total. The zero-order valence-corrected chi connectivity index (χ0v) is 20.6. The lowest BCUT2D eigenvalue weighted by Crippen LogP contribution is -2.01. The lowest BCUT2D eigenvalue weighted by molar-refractivity contribution is 0.669. The van der Waals surface area contributed by atoms with E-state index in [0.717, 1.165) is 53.9 Å². The van der Waals surface area contributed by atoms with Gasteiger partial charge in [-0.1, -0.05) is 107 Å². The first-order valence-electron chi connectivity index (χ1n) is 11.7. The van der Waals surface area contributed by atoms with Gasteiger partial charge in [-0.25, -0.2) is 15.0 Å². The van der Waals surface area contributed by atoms with Gasteiger partial charge in [0.2, 0.25) is 0 Å². The van der Waals surface area contributed by atoms with E-state index in [4.69, 9.17) is 19.4 Å². The van der Waals surface area contributed by atoms with Gasteiger partial charge >= 0.3 is 0 Å². The van der Waals surface area contributed by atoms with Crippen LogP contribution in [-0.2, 0) is 0 Å². The topological polar surface area (TPSA) is 51.8 Å². The highest BCUT2D eigenvalue weighted by atomic mass is 79.9. The van der Waals surface area contributed by atoms with Gasteiger partial charge < -0.3 is 4.42 Å². The van der Waals surface area contributed by atoms with E-state index in [1.807, 2.05) is 78.9 Å². The molecular formula is C31H18BrN3O. The maximum Gasteiger partial charge on any atom is 0.165 e. The second-order valence-corrected chi connectivity index (χ2v) is 9.45. The van der Waals surface area contributed by atoms with Crippen molar-refractivity contribution in [3.63, 3.8) is 0 Å². The second kappa shape index (κ2) is 8.40. The summed E-state index contributed by atoms with van der Waals surface area (Å²) in [6.07, 6.45) is 0. The Balaban J connectivity index is 1.57. The van der Waals surface area contributed by atoms with Gasteiger partial charge in [0.25, 0.3) is 0 Å². The van der Waals surface area contributed by atoms with Crippen molar-refractivity contribution in [2.24, 2.45) is 0 Å². The maximum atomic E-state index is 6.14. The third-order valence-electron chi connectivity index (χ3n) is 6.41. The molecular weight excluding hydrogens is 510 g/mol. The Morgan fingerprint density at radius 1 is 0.528 bits per heavy atom. The highest BCUT2D eigenvalue weighted by Gasteiger charge is 2.19. The van der Waals surface area contributed by atoms with Crippen LogP contribution in [0.4, 0.5) is 0 Å². The van der Waals surface area contributed by atoms with Crippen LogP contribution < -0.4 is 0 Å². The van der Waals surface area contributed by atoms with Crippen molar-refractivity contribution in [2.45, 2.75) is 0 Å². The minimum Gasteiger partial charge on any atom is -0.456 e. The van der Waals surface area contributed by atoms with Crippen LogP contribution in [0.15, 0.2) is 118 Å². The van der Waals surface area contributed by atoms with E-state index in [9.17, 15) is 0 Å². The number of para-hydroxylation sites is 1. The average molecular weight is 528 g/mol. The second-order valence-electron chi connectivity index (χ2n) is 8.59. The van der Waals surface area contributed by atoms with Crippen LogP contribution in [0.5, 0.6) is 0 Å². The monoisotopic (exact) mass is 527 g/mol. The van der Waals surface area contributed by atoms with Crippen molar-refractivity contribution >= 4 is 48.6 Å². The van der Waals surface area contributed by atoms with Crippen LogP contribution in [0.25, 0.3) is 66.9 Å². The van der Waals surface area contributed by atoms with Gasteiger partial charge in [-0.05, 0) is 29.0 Å². The molecule has 170 valence electrons. The molecule has 7 aromatic rings. The highest BCUT2D eigenvalue weighted by molar-refractivity contribution is 9.10. The predicted octanol–water partition coefficient (Wildman–Crippen LogP) is 8.69. The lowest BCUT2D eigenvalue weighted by atomic mass is 10.0. The Bertz CT molecular complexity index is 1910. The molecule has 2 heterocycles. The summed E-state index contributed by atoms with van der Waals surface area (Å²) >= 11 is 3.77. The fourth-order valence-corrected chi connectivity index (χ4v) is 5.28. The van der Waals surface area contributed by atoms with Crippen LogP contribution in [0.3, 0.4) is 0 Å². The highest BCUT2D eigenvalue weighted by Crippen LogP contribution is 2.38. The van der Waals surface area contributed by atoms with Crippen LogP contribution in [0, 0.1) is 0 Å². The average Bonchev–Trinajstić information content (AvgIpc) is 3.32. The summed E-state index contributed by atoms with van der Waals surface area (Å²) in [5.74, 6) is 1.85. The summed E-state index contributed by atoms with van der Waals surface area (Å²) in [7, 11) is 0.